The molecular weight excluding hydrogens is 475 g/mol. The van der Waals surface area contributed by atoms with Gasteiger partial charge in [-0.1, -0.05) is 36.4 Å². The fourth-order valence-corrected chi connectivity index (χ4v) is 4.53. The van der Waals surface area contributed by atoms with Gasteiger partial charge in [-0.3, -0.25) is 9.18 Å². The van der Waals surface area contributed by atoms with E-state index in [2.05, 4.69) is 22.8 Å². The van der Waals surface area contributed by atoms with E-state index < -0.39 is 30.2 Å². The summed E-state index contributed by atoms with van der Waals surface area (Å²) in [5.41, 5.74) is 0.828. The number of carbonyl (C=O) groups is 2. The number of rotatable bonds is 15. The topological polar surface area (TPSA) is 115 Å². The number of amides is 1. The van der Waals surface area contributed by atoms with Gasteiger partial charge in [-0.15, -0.1) is 0 Å². The van der Waals surface area contributed by atoms with Crippen molar-refractivity contribution >= 4 is 17.7 Å². The lowest BCUT2D eigenvalue weighted by atomic mass is 9.94. The van der Waals surface area contributed by atoms with E-state index in [-0.39, 0.29) is 6.42 Å². The summed E-state index contributed by atoms with van der Waals surface area (Å²) in [6, 6.07) is 11.5. The van der Waals surface area contributed by atoms with E-state index in [1.807, 2.05) is 4.90 Å². The van der Waals surface area contributed by atoms with Gasteiger partial charge in [0.2, 0.25) is 0 Å². The molecule has 0 bridgehead atoms. The predicted octanol–water partition coefficient (Wildman–Crippen LogP) is 3.29. The Kier molecular flexibility index (Phi) is 10.8. The summed E-state index contributed by atoms with van der Waals surface area (Å²) < 4.78 is 12.9. The van der Waals surface area contributed by atoms with Crippen LogP contribution in [0.3, 0.4) is 0 Å². The molecule has 4 N–H and O–H groups in total. The molecule has 8 nitrogen and oxygen atoms in total. The highest BCUT2D eigenvalue weighted by atomic mass is 19.1. The van der Waals surface area contributed by atoms with Crippen LogP contribution in [0.25, 0.3) is 0 Å². The second-order valence-corrected chi connectivity index (χ2v) is 9.77. The van der Waals surface area contributed by atoms with E-state index >= 15 is 0 Å². The first-order valence-electron chi connectivity index (χ1n) is 13.1. The molecule has 202 valence electrons. The zero-order chi connectivity index (χ0) is 26.7. The molecular formula is C28H39FN4O4. The second kappa shape index (κ2) is 14.0. The first-order valence-corrected chi connectivity index (χ1v) is 13.1. The molecule has 1 aliphatic heterocycles. The summed E-state index contributed by atoms with van der Waals surface area (Å²) in [5.74, 6) is -0.954. The smallest absolute Gasteiger partial charge is 0.326 e. The number of pyridine rings is 1. The Balaban J connectivity index is 1.50. The summed E-state index contributed by atoms with van der Waals surface area (Å²) in [4.78, 5) is 31.4. The van der Waals surface area contributed by atoms with Gasteiger partial charge in [-0.25, -0.2) is 9.78 Å². The lowest BCUT2D eigenvalue weighted by Gasteiger charge is -2.27. The average molecular weight is 515 g/mol. The van der Waals surface area contributed by atoms with Gasteiger partial charge in [0.05, 0.1) is 6.67 Å². The standard InChI is InChI=1S/C28H39FN4O4/c1-28(37,22-10-3-2-4-11-22)27(36)32-24(26(34)35)15-20-33(19-8-16-29)18-6-5-12-23-14-13-21-9-7-17-30-25(21)31-23/h2-4,10-11,13-14,24,37H,5-9,12,15-20H2,1H3,(H,30,31)(H,32,36)(H,34,35)/t24-,28+/m0/s1. The van der Waals surface area contributed by atoms with Crippen LogP contribution in [0.4, 0.5) is 10.2 Å². The van der Waals surface area contributed by atoms with E-state index in [0.29, 0.717) is 31.6 Å². The Labute approximate surface area is 218 Å². The molecule has 1 amide bonds. The number of aromatic nitrogens is 1. The summed E-state index contributed by atoms with van der Waals surface area (Å²) >= 11 is 0. The lowest BCUT2D eigenvalue weighted by molar-refractivity contribution is -0.147. The van der Waals surface area contributed by atoms with Crippen LogP contribution in [-0.2, 0) is 28.0 Å². The van der Waals surface area contributed by atoms with Crippen LogP contribution in [0.2, 0.25) is 0 Å². The van der Waals surface area contributed by atoms with Gasteiger partial charge in [0.1, 0.15) is 11.9 Å². The number of nitrogens with zero attached hydrogens (tertiary/aromatic N) is 2. The highest BCUT2D eigenvalue weighted by molar-refractivity contribution is 5.89. The Morgan fingerprint density at radius 3 is 2.62 bits per heavy atom. The Morgan fingerprint density at radius 2 is 1.89 bits per heavy atom. The number of nitrogens with one attached hydrogen (secondary N) is 2. The molecule has 0 saturated carbocycles. The Morgan fingerprint density at radius 1 is 1.14 bits per heavy atom. The van der Waals surface area contributed by atoms with Crippen molar-refractivity contribution in [3.05, 3.63) is 59.3 Å². The summed E-state index contributed by atoms with van der Waals surface area (Å²) in [7, 11) is 0. The molecule has 9 heteroatoms. The van der Waals surface area contributed by atoms with Crippen LogP contribution in [0, 0.1) is 0 Å². The second-order valence-electron chi connectivity index (χ2n) is 9.77. The van der Waals surface area contributed by atoms with Gasteiger partial charge < -0.3 is 25.7 Å². The predicted molar refractivity (Wildman–Crippen MR) is 141 cm³/mol. The molecule has 0 spiro atoms. The first-order chi connectivity index (χ1) is 17.8. The number of aliphatic hydroxyl groups is 1. The molecule has 1 aliphatic rings. The molecule has 2 aromatic rings. The van der Waals surface area contributed by atoms with Gasteiger partial charge >= 0.3 is 5.97 Å². The van der Waals surface area contributed by atoms with Crippen molar-refractivity contribution in [1.29, 1.82) is 0 Å². The van der Waals surface area contributed by atoms with E-state index in [1.54, 1.807) is 30.3 Å². The van der Waals surface area contributed by atoms with E-state index in [0.717, 1.165) is 50.2 Å². The number of unbranched alkanes of at least 4 members (excludes halogenated alkanes) is 1. The SMILES string of the molecule is C[C@](O)(C(=O)N[C@@H](CCN(CCCF)CCCCc1ccc2c(n1)NCCC2)C(=O)O)c1ccccc1. The first kappa shape index (κ1) is 28.5. The summed E-state index contributed by atoms with van der Waals surface area (Å²) in [6.45, 7) is 3.46. The number of carboxylic acids is 1. The summed E-state index contributed by atoms with van der Waals surface area (Å²) in [6.07, 6.45) is 5.32. The van der Waals surface area contributed by atoms with Gasteiger partial charge in [0, 0.05) is 25.3 Å². The lowest BCUT2D eigenvalue weighted by Crippen LogP contribution is -2.50. The molecule has 37 heavy (non-hydrogen) atoms. The van der Waals surface area contributed by atoms with Crippen molar-refractivity contribution in [3.63, 3.8) is 0 Å². The normalized spacial score (nSPS) is 15.4. The minimum Gasteiger partial charge on any atom is -0.480 e. The number of anilines is 1. The number of aryl methyl sites for hydroxylation is 2. The molecule has 0 aliphatic carbocycles. The number of hydrogen-bond acceptors (Lipinski definition) is 6. The minimum atomic E-state index is -1.86. The molecule has 0 unspecified atom stereocenters. The average Bonchev–Trinajstić information content (AvgIpc) is 2.91. The van der Waals surface area contributed by atoms with Crippen LogP contribution in [0.15, 0.2) is 42.5 Å². The maximum atomic E-state index is 12.9. The van der Waals surface area contributed by atoms with Gasteiger partial charge in [-0.05, 0) is 75.6 Å². The maximum absolute atomic E-state index is 12.9. The zero-order valence-corrected chi connectivity index (χ0v) is 21.6. The van der Waals surface area contributed by atoms with Crippen LogP contribution in [0.1, 0.15) is 55.8 Å². The van der Waals surface area contributed by atoms with Crippen molar-refractivity contribution < 1.29 is 24.2 Å². The molecule has 2 heterocycles. The van der Waals surface area contributed by atoms with Crippen LogP contribution >= 0.6 is 0 Å². The highest BCUT2D eigenvalue weighted by Gasteiger charge is 2.35. The zero-order valence-electron chi connectivity index (χ0n) is 21.6. The molecule has 0 saturated heterocycles. The van der Waals surface area contributed by atoms with Crippen LogP contribution in [-0.4, -0.2) is 70.9 Å². The van der Waals surface area contributed by atoms with Crippen molar-refractivity contribution in [3.8, 4) is 0 Å². The third-order valence-electron chi connectivity index (χ3n) is 6.83. The third kappa shape index (κ3) is 8.50. The number of benzene rings is 1. The number of hydrogen-bond donors (Lipinski definition) is 4. The van der Waals surface area contributed by atoms with Crippen LogP contribution < -0.4 is 10.6 Å². The van der Waals surface area contributed by atoms with Crippen molar-refractivity contribution in [2.75, 3.05) is 38.2 Å². The molecule has 1 aromatic carbocycles. The molecule has 2 atom stereocenters. The number of aliphatic carboxylic acids is 1. The van der Waals surface area contributed by atoms with Gasteiger partial charge in [-0.2, -0.15) is 0 Å². The number of alkyl halides is 1. The van der Waals surface area contributed by atoms with Crippen LogP contribution in [0.5, 0.6) is 0 Å². The maximum Gasteiger partial charge on any atom is 0.326 e. The highest BCUT2D eigenvalue weighted by Crippen LogP contribution is 2.21. The van der Waals surface area contributed by atoms with E-state index in [9.17, 15) is 24.2 Å². The molecule has 0 fully saturated rings. The summed E-state index contributed by atoms with van der Waals surface area (Å²) in [5, 5.41) is 26.2. The van der Waals surface area contributed by atoms with E-state index in [1.165, 1.54) is 12.5 Å². The quantitative estimate of drug-likeness (QED) is 0.270. The third-order valence-corrected chi connectivity index (χ3v) is 6.83. The fourth-order valence-electron chi connectivity index (χ4n) is 4.53. The van der Waals surface area contributed by atoms with Gasteiger partial charge in [0.15, 0.2) is 5.60 Å². The molecule has 0 radical (unpaired) electrons. The number of halogens is 1. The van der Waals surface area contributed by atoms with Crippen molar-refractivity contribution in [2.24, 2.45) is 0 Å². The minimum absolute atomic E-state index is 0.149. The van der Waals surface area contributed by atoms with Crippen molar-refractivity contribution in [1.82, 2.24) is 15.2 Å². The number of fused-ring (bicyclic) bond motifs is 1. The van der Waals surface area contributed by atoms with Gasteiger partial charge in [0.25, 0.3) is 5.91 Å². The van der Waals surface area contributed by atoms with Crippen molar-refractivity contribution in [2.45, 2.75) is 63.5 Å². The van der Waals surface area contributed by atoms with E-state index in [4.69, 9.17) is 4.98 Å². The fraction of sp³-hybridized carbons (Fsp3) is 0.536. The number of carboxylic acid groups (broad SMARTS) is 1. The number of carbonyl (C=O) groups excluding carboxylic acids is 1. The largest absolute Gasteiger partial charge is 0.480 e. The molecule has 3 rings (SSSR count). The Bertz CT molecular complexity index is 1020. The molecule has 1 aromatic heterocycles. The Hall–Kier alpha value is -3.04. The monoisotopic (exact) mass is 514 g/mol.